The van der Waals surface area contributed by atoms with Gasteiger partial charge in [-0.3, -0.25) is 9.69 Å². The van der Waals surface area contributed by atoms with Crippen LogP contribution in [0.15, 0.2) is 0 Å². The van der Waals surface area contributed by atoms with Crippen molar-refractivity contribution in [1.29, 1.82) is 0 Å². The molecule has 2 fully saturated rings. The summed E-state index contributed by atoms with van der Waals surface area (Å²) < 4.78 is 5.71. The normalized spacial score (nSPS) is 31.0. The predicted molar refractivity (Wildman–Crippen MR) is 84.0 cm³/mol. The van der Waals surface area contributed by atoms with Crippen molar-refractivity contribution < 1.29 is 9.53 Å². The lowest BCUT2D eigenvalue weighted by molar-refractivity contribution is -0.123. The minimum Gasteiger partial charge on any atom is -0.374 e. The second-order valence-corrected chi connectivity index (χ2v) is 6.52. The lowest BCUT2D eigenvalue weighted by Gasteiger charge is -2.32. The lowest BCUT2D eigenvalue weighted by Crippen LogP contribution is -2.47. The van der Waals surface area contributed by atoms with Crippen LogP contribution in [0, 0.1) is 11.8 Å². The monoisotopic (exact) mass is 297 g/mol. The third-order valence-electron chi connectivity index (χ3n) is 4.97. The molecule has 0 bridgehead atoms. The average molecular weight is 297 g/mol. The number of hydrogen-bond acceptors (Lipinski definition) is 4. The minimum atomic E-state index is 0.149. The standard InChI is InChI=1S/C16H31N3O2/c1-2-19-7-8-21-15(12-19)11-18-16(20)9-13-3-5-14(10-17)6-4-13/h13-15H,2-12,17H2,1H3,(H,18,20). The lowest BCUT2D eigenvalue weighted by atomic mass is 9.80. The van der Waals surface area contributed by atoms with E-state index in [1.165, 1.54) is 12.8 Å². The number of hydrogen-bond donors (Lipinski definition) is 2. The van der Waals surface area contributed by atoms with E-state index < -0.39 is 0 Å². The highest BCUT2D eigenvalue weighted by Crippen LogP contribution is 2.30. The third-order valence-corrected chi connectivity index (χ3v) is 4.97. The summed E-state index contributed by atoms with van der Waals surface area (Å²) >= 11 is 0. The van der Waals surface area contributed by atoms with E-state index >= 15 is 0 Å². The van der Waals surface area contributed by atoms with Crippen LogP contribution in [0.3, 0.4) is 0 Å². The van der Waals surface area contributed by atoms with Crippen molar-refractivity contribution in [1.82, 2.24) is 10.2 Å². The van der Waals surface area contributed by atoms with Crippen molar-refractivity contribution in [3.8, 4) is 0 Å². The van der Waals surface area contributed by atoms with Gasteiger partial charge in [-0.05, 0) is 50.6 Å². The fourth-order valence-corrected chi connectivity index (χ4v) is 3.42. The smallest absolute Gasteiger partial charge is 0.220 e. The molecule has 2 rings (SSSR count). The summed E-state index contributed by atoms with van der Waals surface area (Å²) in [6.45, 7) is 7.37. The Hall–Kier alpha value is -0.650. The Morgan fingerprint density at radius 1 is 1.29 bits per heavy atom. The number of carbonyl (C=O) groups excluding carboxylic acids is 1. The van der Waals surface area contributed by atoms with E-state index in [-0.39, 0.29) is 12.0 Å². The number of amides is 1. The molecular formula is C16H31N3O2. The molecule has 1 amide bonds. The van der Waals surface area contributed by atoms with Gasteiger partial charge in [0.05, 0.1) is 12.7 Å². The first kappa shape index (κ1) is 16.7. The van der Waals surface area contributed by atoms with Crippen LogP contribution >= 0.6 is 0 Å². The molecule has 3 N–H and O–H groups in total. The van der Waals surface area contributed by atoms with Crippen molar-refractivity contribution >= 4 is 5.91 Å². The molecule has 2 aliphatic rings. The van der Waals surface area contributed by atoms with Gasteiger partial charge in [0.1, 0.15) is 0 Å². The first-order valence-corrected chi connectivity index (χ1v) is 8.52. The third kappa shape index (κ3) is 5.57. The molecule has 0 spiro atoms. The maximum Gasteiger partial charge on any atom is 0.220 e. The number of nitrogens with one attached hydrogen (secondary N) is 1. The zero-order valence-electron chi connectivity index (χ0n) is 13.4. The van der Waals surface area contributed by atoms with E-state index in [2.05, 4.69) is 17.1 Å². The number of rotatable bonds is 6. The van der Waals surface area contributed by atoms with Gasteiger partial charge in [0.15, 0.2) is 0 Å². The van der Waals surface area contributed by atoms with E-state index in [0.29, 0.717) is 24.8 Å². The summed E-state index contributed by atoms with van der Waals surface area (Å²) in [6.07, 6.45) is 5.49. The van der Waals surface area contributed by atoms with Crippen LogP contribution < -0.4 is 11.1 Å². The van der Waals surface area contributed by atoms with E-state index in [1.807, 2.05) is 0 Å². The predicted octanol–water partition coefficient (Wildman–Crippen LogP) is 0.979. The molecule has 0 aromatic rings. The number of ether oxygens (including phenoxy) is 1. The fourth-order valence-electron chi connectivity index (χ4n) is 3.42. The second kappa shape index (κ2) is 8.71. The van der Waals surface area contributed by atoms with Crippen LogP contribution in [0.5, 0.6) is 0 Å². The number of nitrogens with two attached hydrogens (primary N) is 1. The van der Waals surface area contributed by atoms with Crippen LogP contribution in [0.25, 0.3) is 0 Å². The van der Waals surface area contributed by atoms with Crippen molar-refractivity contribution in [2.45, 2.75) is 45.1 Å². The quantitative estimate of drug-likeness (QED) is 0.767. The minimum absolute atomic E-state index is 0.149. The molecule has 1 saturated heterocycles. The molecule has 1 saturated carbocycles. The molecular weight excluding hydrogens is 266 g/mol. The van der Waals surface area contributed by atoms with Crippen LogP contribution in [0.2, 0.25) is 0 Å². The van der Waals surface area contributed by atoms with Crippen LogP contribution in [-0.2, 0) is 9.53 Å². The Bertz CT molecular complexity index is 317. The largest absolute Gasteiger partial charge is 0.374 e. The Morgan fingerprint density at radius 2 is 2.00 bits per heavy atom. The first-order chi connectivity index (χ1) is 10.2. The van der Waals surface area contributed by atoms with Gasteiger partial charge in [0.2, 0.25) is 5.91 Å². The van der Waals surface area contributed by atoms with Crippen molar-refractivity contribution in [2.75, 3.05) is 39.3 Å². The molecule has 5 heteroatoms. The second-order valence-electron chi connectivity index (χ2n) is 6.52. The van der Waals surface area contributed by atoms with E-state index in [4.69, 9.17) is 10.5 Å². The molecule has 1 aliphatic heterocycles. The van der Waals surface area contributed by atoms with Gasteiger partial charge in [-0.15, -0.1) is 0 Å². The summed E-state index contributed by atoms with van der Waals surface area (Å²) in [7, 11) is 0. The maximum absolute atomic E-state index is 12.1. The van der Waals surface area contributed by atoms with Gasteiger partial charge in [0.25, 0.3) is 0 Å². The van der Waals surface area contributed by atoms with E-state index in [9.17, 15) is 4.79 Å². The van der Waals surface area contributed by atoms with E-state index in [1.54, 1.807) is 0 Å². The van der Waals surface area contributed by atoms with Crippen molar-refractivity contribution in [2.24, 2.45) is 17.6 Å². The summed E-state index contributed by atoms with van der Waals surface area (Å²) in [5.41, 5.74) is 5.71. The van der Waals surface area contributed by atoms with Crippen LogP contribution in [0.4, 0.5) is 0 Å². The molecule has 5 nitrogen and oxygen atoms in total. The summed E-state index contributed by atoms with van der Waals surface area (Å²) in [4.78, 5) is 14.4. The molecule has 0 aromatic carbocycles. The van der Waals surface area contributed by atoms with Gasteiger partial charge in [-0.1, -0.05) is 6.92 Å². The Kier molecular flexibility index (Phi) is 6.93. The molecule has 0 radical (unpaired) electrons. The summed E-state index contributed by atoms with van der Waals surface area (Å²) in [6, 6.07) is 0. The van der Waals surface area contributed by atoms with Crippen molar-refractivity contribution in [3.63, 3.8) is 0 Å². The highest BCUT2D eigenvalue weighted by atomic mass is 16.5. The molecule has 21 heavy (non-hydrogen) atoms. The number of nitrogens with zero attached hydrogens (tertiary/aromatic N) is 1. The molecule has 1 aliphatic carbocycles. The molecule has 1 heterocycles. The first-order valence-electron chi connectivity index (χ1n) is 8.52. The Morgan fingerprint density at radius 3 is 2.67 bits per heavy atom. The van der Waals surface area contributed by atoms with Crippen LogP contribution in [-0.4, -0.2) is 56.2 Å². The summed E-state index contributed by atoms with van der Waals surface area (Å²) in [5, 5.41) is 3.05. The van der Waals surface area contributed by atoms with Gasteiger partial charge < -0.3 is 15.8 Å². The topological polar surface area (TPSA) is 67.6 Å². The van der Waals surface area contributed by atoms with E-state index in [0.717, 1.165) is 45.6 Å². The van der Waals surface area contributed by atoms with Gasteiger partial charge >= 0.3 is 0 Å². The number of carbonyl (C=O) groups is 1. The number of morpholine rings is 1. The van der Waals surface area contributed by atoms with Crippen molar-refractivity contribution in [3.05, 3.63) is 0 Å². The Labute approximate surface area is 128 Å². The number of likely N-dealkylation sites (N-methyl/N-ethyl adjacent to an activating group) is 1. The molecule has 1 unspecified atom stereocenters. The van der Waals surface area contributed by atoms with Gasteiger partial charge in [0, 0.05) is 26.1 Å². The van der Waals surface area contributed by atoms with Gasteiger partial charge in [-0.25, -0.2) is 0 Å². The maximum atomic E-state index is 12.1. The molecule has 122 valence electrons. The zero-order valence-corrected chi connectivity index (χ0v) is 13.4. The highest BCUT2D eigenvalue weighted by Gasteiger charge is 2.23. The Balaban J connectivity index is 1.61. The highest BCUT2D eigenvalue weighted by molar-refractivity contribution is 5.76. The fraction of sp³-hybridized carbons (Fsp3) is 0.938. The summed E-state index contributed by atoms with van der Waals surface area (Å²) in [5.74, 6) is 1.41. The SMILES string of the molecule is CCN1CCOC(CNC(=O)CC2CCC(CN)CC2)C1. The average Bonchev–Trinajstić information content (AvgIpc) is 2.54. The van der Waals surface area contributed by atoms with Gasteiger partial charge in [-0.2, -0.15) is 0 Å². The molecule has 1 atom stereocenters. The van der Waals surface area contributed by atoms with Crippen LogP contribution in [0.1, 0.15) is 39.0 Å². The zero-order chi connectivity index (χ0) is 15.1. The molecule has 0 aromatic heterocycles.